The van der Waals surface area contributed by atoms with E-state index in [0.29, 0.717) is 10.8 Å². The van der Waals surface area contributed by atoms with Gasteiger partial charge in [0.15, 0.2) is 5.82 Å². The van der Waals surface area contributed by atoms with Crippen LogP contribution in [0.5, 0.6) is 0 Å². The third-order valence-corrected chi connectivity index (χ3v) is 2.36. The SMILES string of the molecule is [B]c1cc(C(=O)Cl)n(-c2ncccc2Cl)n1. The zero-order valence-electron chi connectivity index (χ0n) is 7.89. The van der Waals surface area contributed by atoms with Gasteiger partial charge in [-0.1, -0.05) is 11.6 Å². The van der Waals surface area contributed by atoms with Crippen LogP contribution in [-0.2, 0) is 0 Å². The van der Waals surface area contributed by atoms with E-state index < -0.39 is 5.24 Å². The third kappa shape index (κ3) is 1.96. The van der Waals surface area contributed by atoms with E-state index in [9.17, 15) is 4.79 Å². The van der Waals surface area contributed by atoms with E-state index in [2.05, 4.69) is 10.1 Å². The minimum absolute atomic E-state index is 0.125. The molecular weight excluding hydrogens is 248 g/mol. The number of rotatable bonds is 2. The summed E-state index contributed by atoms with van der Waals surface area (Å²) in [6.45, 7) is 0. The van der Waals surface area contributed by atoms with Crippen molar-refractivity contribution in [3.05, 3.63) is 35.1 Å². The van der Waals surface area contributed by atoms with Gasteiger partial charge in [-0.05, 0) is 29.8 Å². The summed E-state index contributed by atoms with van der Waals surface area (Å²) < 4.78 is 1.22. The van der Waals surface area contributed by atoms with E-state index in [-0.39, 0.29) is 11.3 Å². The maximum atomic E-state index is 11.1. The van der Waals surface area contributed by atoms with Crippen molar-refractivity contribution in [1.82, 2.24) is 14.8 Å². The molecule has 0 fully saturated rings. The highest BCUT2D eigenvalue weighted by molar-refractivity contribution is 6.67. The van der Waals surface area contributed by atoms with Crippen molar-refractivity contribution >= 4 is 41.9 Å². The molecule has 0 unspecified atom stereocenters. The smallest absolute Gasteiger partial charge is 0.271 e. The van der Waals surface area contributed by atoms with Gasteiger partial charge < -0.3 is 0 Å². The minimum Gasteiger partial charge on any atom is -0.274 e. The number of nitrogens with zero attached hydrogens (tertiary/aromatic N) is 3. The van der Waals surface area contributed by atoms with Crippen molar-refractivity contribution in [2.75, 3.05) is 0 Å². The molecule has 2 aromatic rings. The summed E-state index contributed by atoms with van der Waals surface area (Å²) in [7, 11) is 5.49. The van der Waals surface area contributed by atoms with Crippen molar-refractivity contribution in [3.63, 3.8) is 0 Å². The Hall–Kier alpha value is -1.33. The highest BCUT2D eigenvalue weighted by Gasteiger charge is 2.15. The fourth-order valence-corrected chi connectivity index (χ4v) is 1.57. The molecule has 4 nitrogen and oxygen atoms in total. The van der Waals surface area contributed by atoms with Gasteiger partial charge in [0.05, 0.1) is 5.02 Å². The van der Waals surface area contributed by atoms with Crippen LogP contribution in [0.25, 0.3) is 5.82 Å². The lowest BCUT2D eigenvalue weighted by atomic mass is 10.1. The molecule has 2 heterocycles. The lowest BCUT2D eigenvalue weighted by Gasteiger charge is -2.04. The highest BCUT2D eigenvalue weighted by Crippen LogP contribution is 2.18. The zero-order valence-corrected chi connectivity index (χ0v) is 9.40. The predicted octanol–water partition coefficient (Wildman–Crippen LogP) is 1.09. The Bertz CT molecular complexity index is 555. The van der Waals surface area contributed by atoms with Gasteiger partial charge in [0.25, 0.3) is 5.24 Å². The number of hydrogen-bond acceptors (Lipinski definition) is 3. The number of hydrogen-bond donors (Lipinski definition) is 0. The van der Waals surface area contributed by atoms with Crippen molar-refractivity contribution < 1.29 is 4.79 Å². The second-order valence-corrected chi connectivity index (χ2v) is 3.70. The van der Waals surface area contributed by atoms with Crippen LogP contribution in [0.3, 0.4) is 0 Å². The largest absolute Gasteiger partial charge is 0.274 e. The Labute approximate surface area is 103 Å². The van der Waals surface area contributed by atoms with Crippen LogP contribution in [0.2, 0.25) is 5.02 Å². The van der Waals surface area contributed by atoms with Crippen LogP contribution in [0, 0.1) is 0 Å². The normalized spacial score (nSPS) is 10.4. The molecule has 0 aliphatic carbocycles. The first-order chi connectivity index (χ1) is 7.59. The summed E-state index contributed by atoms with van der Waals surface area (Å²) in [5.74, 6) is 0.310. The summed E-state index contributed by atoms with van der Waals surface area (Å²) >= 11 is 11.3. The molecule has 0 amide bonds. The molecule has 7 heteroatoms. The molecule has 78 valence electrons. The molecule has 0 atom stereocenters. The van der Waals surface area contributed by atoms with Crippen LogP contribution in [0.1, 0.15) is 10.5 Å². The summed E-state index contributed by atoms with van der Waals surface area (Å²) in [5.41, 5.74) is 0.297. The lowest BCUT2D eigenvalue weighted by molar-refractivity contribution is 0.107. The monoisotopic (exact) mass is 251 g/mol. The average molecular weight is 252 g/mol. The molecule has 0 aliphatic heterocycles. The second-order valence-electron chi connectivity index (χ2n) is 2.95. The second kappa shape index (κ2) is 4.27. The average Bonchev–Trinajstić information content (AvgIpc) is 2.61. The molecule has 0 aromatic carbocycles. The topological polar surface area (TPSA) is 47.8 Å². The van der Waals surface area contributed by atoms with E-state index >= 15 is 0 Å². The van der Waals surface area contributed by atoms with Crippen LogP contribution in [0.4, 0.5) is 0 Å². The fraction of sp³-hybridized carbons (Fsp3) is 0. The summed E-state index contributed by atoms with van der Waals surface area (Å²) in [5, 5.41) is 3.58. The molecular formula is C9H4BCl2N3O. The molecule has 0 aliphatic rings. The fourth-order valence-electron chi connectivity index (χ4n) is 1.23. The summed E-state index contributed by atoms with van der Waals surface area (Å²) in [6, 6.07) is 4.66. The van der Waals surface area contributed by atoms with Crippen molar-refractivity contribution in [1.29, 1.82) is 0 Å². The quantitative estimate of drug-likeness (QED) is 0.593. The van der Waals surface area contributed by atoms with Gasteiger partial charge in [-0.2, -0.15) is 5.10 Å². The maximum absolute atomic E-state index is 11.1. The molecule has 16 heavy (non-hydrogen) atoms. The van der Waals surface area contributed by atoms with E-state index in [1.54, 1.807) is 12.1 Å². The predicted molar refractivity (Wildman–Crippen MR) is 61.9 cm³/mol. The molecule has 0 saturated carbocycles. The van der Waals surface area contributed by atoms with E-state index in [1.165, 1.54) is 16.9 Å². The van der Waals surface area contributed by atoms with Crippen molar-refractivity contribution in [3.8, 4) is 5.82 Å². The first-order valence-electron chi connectivity index (χ1n) is 4.26. The number of aromatic nitrogens is 3. The summed E-state index contributed by atoms with van der Waals surface area (Å²) in [6.07, 6.45) is 1.53. The van der Waals surface area contributed by atoms with Gasteiger partial charge in [-0.15, -0.1) is 0 Å². The van der Waals surface area contributed by atoms with Gasteiger partial charge in [0.1, 0.15) is 13.5 Å². The third-order valence-electron chi connectivity index (χ3n) is 1.87. The van der Waals surface area contributed by atoms with Gasteiger partial charge in [-0.3, -0.25) is 4.79 Å². The maximum Gasteiger partial charge on any atom is 0.271 e. The molecule has 0 spiro atoms. The first-order valence-corrected chi connectivity index (χ1v) is 5.01. The van der Waals surface area contributed by atoms with Crippen LogP contribution < -0.4 is 5.59 Å². The molecule has 2 aromatic heterocycles. The Morgan fingerprint density at radius 2 is 2.25 bits per heavy atom. The van der Waals surface area contributed by atoms with Gasteiger partial charge in [0.2, 0.25) is 0 Å². The van der Waals surface area contributed by atoms with Crippen molar-refractivity contribution in [2.45, 2.75) is 0 Å². The van der Waals surface area contributed by atoms with Gasteiger partial charge in [-0.25, -0.2) is 9.67 Å². The van der Waals surface area contributed by atoms with Gasteiger partial charge in [0, 0.05) is 11.8 Å². The molecule has 2 radical (unpaired) electrons. The standard InChI is InChI=1S/C9H4BCl2N3O/c10-7-4-6(8(12)16)15(14-7)9-5(11)2-1-3-13-9/h1-4H. The highest BCUT2D eigenvalue weighted by atomic mass is 35.5. The van der Waals surface area contributed by atoms with E-state index in [4.69, 9.17) is 31.0 Å². The number of pyridine rings is 1. The van der Waals surface area contributed by atoms with Gasteiger partial charge >= 0.3 is 0 Å². The molecule has 2 rings (SSSR count). The Morgan fingerprint density at radius 1 is 1.50 bits per heavy atom. The van der Waals surface area contributed by atoms with E-state index in [0.717, 1.165) is 0 Å². The number of carbonyl (C=O) groups is 1. The first kappa shape index (κ1) is 11.2. The lowest BCUT2D eigenvalue weighted by Crippen LogP contribution is -2.10. The molecule has 0 saturated heterocycles. The molecule has 0 N–H and O–H groups in total. The van der Waals surface area contributed by atoms with Crippen molar-refractivity contribution in [2.24, 2.45) is 0 Å². The Kier molecular flexibility index (Phi) is 2.98. The summed E-state index contributed by atoms with van der Waals surface area (Å²) in [4.78, 5) is 15.1. The Morgan fingerprint density at radius 3 is 2.88 bits per heavy atom. The zero-order chi connectivity index (χ0) is 11.7. The molecule has 0 bridgehead atoms. The number of halogens is 2. The Balaban J connectivity index is 2.64. The number of carbonyl (C=O) groups excluding carboxylic acids is 1. The van der Waals surface area contributed by atoms with E-state index in [1.807, 2.05) is 0 Å². The van der Waals surface area contributed by atoms with Crippen LogP contribution in [0.15, 0.2) is 24.4 Å². The van der Waals surface area contributed by atoms with Crippen LogP contribution >= 0.6 is 23.2 Å². The van der Waals surface area contributed by atoms with Crippen LogP contribution in [-0.4, -0.2) is 27.9 Å². The minimum atomic E-state index is -0.675.